The molecule has 1 unspecified atom stereocenters. The number of nitrogens with zero attached hydrogens (tertiary/aromatic N) is 1. The number of hydrogen-bond donors (Lipinski definition) is 1. The van der Waals surface area contributed by atoms with Crippen LogP contribution < -0.4 is 0 Å². The van der Waals surface area contributed by atoms with E-state index in [0.717, 1.165) is 25.0 Å². The summed E-state index contributed by atoms with van der Waals surface area (Å²) in [6, 6.07) is 8.55. The molecule has 1 fully saturated rings. The number of benzene rings is 1. The maximum Gasteiger partial charge on any atom is 0.249 e. The maximum atomic E-state index is 12.0. The normalized spacial score (nSPS) is 22.4. The maximum absolute atomic E-state index is 12.0. The summed E-state index contributed by atoms with van der Waals surface area (Å²) in [7, 11) is 0. The molecule has 1 amide bonds. The Morgan fingerprint density at radius 2 is 2.17 bits per heavy atom. The molecule has 2 aliphatic rings. The number of nitrogens with one attached hydrogen (secondary N) is 1. The predicted molar refractivity (Wildman–Crippen MR) is 70.2 cm³/mol. The van der Waals surface area contributed by atoms with E-state index in [0.29, 0.717) is 0 Å². The molecule has 18 heavy (non-hydrogen) atoms. The zero-order chi connectivity index (χ0) is 12.3. The third kappa shape index (κ3) is 1.11. The largest absolute Gasteiger partial charge is 0.356 e. The van der Waals surface area contributed by atoms with Crippen molar-refractivity contribution in [2.75, 3.05) is 6.54 Å². The van der Waals surface area contributed by atoms with E-state index in [1.54, 1.807) is 0 Å². The summed E-state index contributed by atoms with van der Waals surface area (Å²) in [4.78, 5) is 17.4. The molecule has 0 radical (unpaired) electrons. The Balaban J connectivity index is 1.94. The summed E-state index contributed by atoms with van der Waals surface area (Å²) < 4.78 is 0. The molecule has 3 heterocycles. The average molecular weight is 238 g/mol. The summed E-state index contributed by atoms with van der Waals surface area (Å²) in [6.45, 7) is 4.70. The van der Waals surface area contributed by atoms with E-state index in [-0.39, 0.29) is 11.9 Å². The Hall–Kier alpha value is -2.03. The number of carbonyl (C=O) groups excluding carboxylic acids is 1. The van der Waals surface area contributed by atoms with Crippen LogP contribution in [0, 0.1) is 0 Å². The molecular weight excluding hydrogens is 224 g/mol. The number of rotatable bonds is 0. The Kier molecular flexibility index (Phi) is 1.80. The van der Waals surface area contributed by atoms with Crippen LogP contribution in [0.5, 0.6) is 0 Å². The Labute approximate surface area is 105 Å². The van der Waals surface area contributed by atoms with Crippen molar-refractivity contribution < 1.29 is 4.79 Å². The van der Waals surface area contributed by atoms with E-state index in [1.165, 1.54) is 22.2 Å². The minimum atomic E-state index is 0.129. The second-order valence-corrected chi connectivity index (χ2v) is 5.13. The summed E-state index contributed by atoms with van der Waals surface area (Å²) >= 11 is 0. The lowest BCUT2D eigenvalue weighted by Gasteiger charge is -2.29. The first kappa shape index (κ1) is 9.95. The predicted octanol–water partition coefficient (Wildman–Crippen LogP) is 2.55. The molecule has 1 aromatic heterocycles. The van der Waals surface area contributed by atoms with Crippen LogP contribution in [0.3, 0.4) is 0 Å². The molecule has 1 N–H and O–H groups in total. The van der Waals surface area contributed by atoms with Gasteiger partial charge < -0.3 is 9.88 Å². The number of aromatic amines is 1. The molecule has 1 atom stereocenters. The van der Waals surface area contributed by atoms with E-state index in [1.807, 2.05) is 11.0 Å². The van der Waals surface area contributed by atoms with E-state index < -0.39 is 0 Å². The zero-order valence-electron chi connectivity index (χ0n) is 10.1. The van der Waals surface area contributed by atoms with Gasteiger partial charge in [-0.3, -0.25) is 4.79 Å². The second-order valence-electron chi connectivity index (χ2n) is 5.13. The molecule has 3 heteroatoms. The van der Waals surface area contributed by atoms with E-state index in [2.05, 4.69) is 29.8 Å². The van der Waals surface area contributed by atoms with Gasteiger partial charge in [0.25, 0.3) is 0 Å². The molecule has 0 saturated carbocycles. The van der Waals surface area contributed by atoms with Crippen LogP contribution in [0.1, 0.15) is 23.7 Å². The summed E-state index contributed by atoms with van der Waals surface area (Å²) in [5, 5.41) is 1.30. The van der Waals surface area contributed by atoms with Gasteiger partial charge in [-0.05, 0) is 18.1 Å². The van der Waals surface area contributed by atoms with Gasteiger partial charge in [-0.25, -0.2) is 0 Å². The van der Waals surface area contributed by atoms with E-state index in [9.17, 15) is 4.79 Å². The van der Waals surface area contributed by atoms with Crippen LogP contribution in [0.4, 0.5) is 0 Å². The van der Waals surface area contributed by atoms with Gasteiger partial charge in [0.2, 0.25) is 5.91 Å². The Morgan fingerprint density at radius 3 is 3.06 bits per heavy atom. The van der Waals surface area contributed by atoms with Crippen LogP contribution in [-0.2, 0) is 11.2 Å². The first-order chi connectivity index (χ1) is 8.75. The standard InChI is InChI=1S/C15H14N2O/c1-9-8-13-14-11(6-7-17(13)15(9)18)10-4-2-3-5-12(10)16-14/h2-5,13,16H,1,6-8H2. The number of fused-ring (bicyclic) bond motifs is 5. The molecule has 1 aromatic carbocycles. The highest BCUT2D eigenvalue weighted by Crippen LogP contribution is 2.41. The molecular formula is C15H14N2O. The van der Waals surface area contributed by atoms with Gasteiger partial charge in [-0.1, -0.05) is 24.8 Å². The lowest BCUT2D eigenvalue weighted by Crippen LogP contribution is -2.34. The van der Waals surface area contributed by atoms with Crippen LogP contribution in [0.25, 0.3) is 10.9 Å². The first-order valence-electron chi connectivity index (χ1n) is 6.34. The van der Waals surface area contributed by atoms with Crippen molar-refractivity contribution in [3.63, 3.8) is 0 Å². The third-order valence-corrected chi connectivity index (χ3v) is 4.16. The highest BCUT2D eigenvalue weighted by Gasteiger charge is 2.39. The SMILES string of the molecule is C=C1CC2c3[nH]c4ccccc4c3CCN2C1=O. The Morgan fingerprint density at radius 1 is 1.33 bits per heavy atom. The summed E-state index contributed by atoms with van der Waals surface area (Å²) in [5.74, 6) is 0.129. The minimum absolute atomic E-state index is 0.129. The van der Waals surface area contributed by atoms with Gasteiger partial charge in [0.1, 0.15) is 0 Å². The van der Waals surface area contributed by atoms with Crippen LogP contribution >= 0.6 is 0 Å². The monoisotopic (exact) mass is 238 g/mol. The highest BCUT2D eigenvalue weighted by atomic mass is 16.2. The van der Waals surface area contributed by atoms with Gasteiger partial charge in [-0.2, -0.15) is 0 Å². The van der Waals surface area contributed by atoms with Crippen molar-refractivity contribution in [3.8, 4) is 0 Å². The fourth-order valence-electron chi connectivity index (χ4n) is 3.30. The van der Waals surface area contributed by atoms with Crippen LogP contribution in [-0.4, -0.2) is 22.3 Å². The number of amides is 1. The molecule has 0 aliphatic carbocycles. The number of H-pyrrole nitrogens is 1. The van der Waals surface area contributed by atoms with Crippen molar-refractivity contribution >= 4 is 16.8 Å². The number of carbonyl (C=O) groups is 1. The average Bonchev–Trinajstić information content (AvgIpc) is 2.89. The number of aromatic nitrogens is 1. The van der Waals surface area contributed by atoms with Gasteiger partial charge in [0.15, 0.2) is 0 Å². The molecule has 3 nitrogen and oxygen atoms in total. The zero-order valence-corrected chi connectivity index (χ0v) is 10.1. The van der Waals surface area contributed by atoms with Gasteiger partial charge in [0, 0.05) is 35.1 Å². The van der Waals surface area contributed by atoms with E-state index >= 15 is 0 Å². The number of para-hydroxylation sites is 1. The molecule has 2 aliphatic heterocycles. The van der Waals surface area contributed by atoms with Crippen molar-refractivity contribution in [3.05, 3.63) is 47.7 Å². The van der Waals surface area contributed by atoms with Gasteiger partial charge >= 0.3 is 0 Å². The van der Waals surface area contributed by atoms with Crippen molar-refractivity contribution in [2.24, 2.45) is 0 Å². The lowest BCUT2D eigenvalue weighted by atomic mass is 9.97. The van der Waals surface area contributed by atoms with Crippen molar-refractivity contribution in [1.29, 1.82) is 0 Å². The van der Waals surface area contributed by atoms with Crippen molar-refractivity contribution in [2.45, 2.75) is 18.9 Å². The third-order valence-electron chi connectivity index (χ3n) is 4.16. The fourth-order valence-corrected chi connectivity index (χ4v) is 3.30. The summed E-state index contributed by atoms with van der Waals surface area (Å²) in [5.41, 5.74) is 4.52. The molecule has 2 aromatic rings. The topological polar surface area (TPSA) is 36.1 Å². The fraction of sp³-hybridized carbons (Fsp3) is 0.267. The van der Waals surface area contributed by atoms with Crippen LogP contribution in [0.2, 0.25) is 0 Å². The minimum Gasteiger partial charge on any atom is -0.356 e. The molecule has 0 bridgehead atoms. The van der Waals surface area contributed by atoms with Gasteiger partial charge in [-0.15, -0.1) is 0 Å². The van der Waals surface area contributed by atoms with E-state index in [4.69, 9.17) is 0 Å². The molecule has 4 rings (SSSR count). The highest BCUT2D eigenvalue weighted by molar-refractivity contribution is 5.96. The smallest absolute Gasteiger partial charge is 0.249 e. The molecule has 90 valence electrons. The summed E-state index contributed by atoms with van der Waals surface area (Å²) in [6.07, 6.45) is 1.70. The molecule has 1 saturated heterocycles. The second kappa shape index (κ2) is 3.25. The first-order valence-corrected chi connectivity index (χ1v) is 6.34. The number of hydrogen-bond acceptors (Lipinski definition) is 1. The van der Waals surface area contributed by atoms with Crippen LogP contribution in [0.15, 0.2) is 36.4 Å². The quantitative estimate of drug-likeness (QED) is 0.703. The lowest BCUT2D eigenvalue weighted by molar-refractivity contribution is -0.126. The van der Waals surface area contributed by atoms with Crippen molar-refractivity contribution in [1.82, 2.24) is 9.88 Å². The molecule has 0 spiro atoms. The Bertz CT molecular complexity index is 683. The van der Waals surface area contributed by atoms with Gasteiger partial charge in [0.05, 0.1) is 6.04 Å².